The molecule has 3 aromatic rings. The number of pyridine rings is 1. The molecule has 25 heavy (non-hydrogen) atoms. The monoisotopic (exact) mass is 337 g/mol. The molecule has 8 nitrogen and oxygen atoms in total. The van der Waals surface area contributed by atoms with Crippen molar-refractivity contribution in [3.63, 3.8) is 0 Å². The van der Waals surface area contributed by atoms with Crippen LogP contribution in [0.1, 0.15) is 6.42 Å². The summed E-state index contributed by atoms with van der Waals surface area (Å²) < 4.78 is 0. The van der Waals surface area contributed by atoms with E-state index in [0.717, 1.165) is 40.9 Å². The summed E-state index contributed by atoms with van der Waals surface area (Å²) in [7, 11) is 1.68. The Balaban J connectivity index is 1.78. The Kier molecular flexibility index (Phi) is 3.72. The number of anilines is 2. The van der Waals surface area contributed by atoms with Crippen LogP contribution in [0.2, 0.25) is 0 Å². The lowest BCUT2D eigenvalue weighted by Gasteiger charge is -2.20. The Bertz CT molecular complexity index is 936. The summed E-state index contributed by atoms with van der Waals surface area (Å²) in [5, 5.41) is 3.72. The Labute approximate surface area is 144 Å². The highest BCUT2D eigenvalue weighted by atomic mass is 16.1. The molecule has 4 rings (SSSR count). The highest BCUT2D eigenvalue weighted by molar-refractivity contribution is 6.02. The zero-order valence-corrected chi connectivity index (χ0v) is 13.9. The number of fused-ring (bicyclic) bond motifs is 1. The minimum Gasteiger partial charge on any atom is -0.370 e. The van der Waals surface area contributed by atoms with Gasteiger partial charge in [0.05, 0.1) is 22.7 Å². The van der Waals surface area contributed by atoms with E-state index in [1.807, 2.05) is 18.3 Å². The van der Waals surface area contributed by atoms with Gasteiger partial charge in [-0.25, -0.2) is 15.0 Å². The van der Waals surface area contributed by atoms with Gasteiger partial charge in [0.15, 0.2) is 0 Å². The third kappa shape index (κ3) is 2.65. The Hall–Kier alpha value is -3.16. The Morgan fingerprint density at radius 1 is 1.36 bits per heavy atom. The predicted octanol–water partition coefficient (Wildman–Crippen LogP) is 1.17. The highest BCUT2D eigenvalue weighted by Gasteiger charge is 2.29. The molecule has 0 radical (unpaired) electrons. The fourth-order valence-corrected chi connectivity index (χ4v) is 3.43. The molecule has 0 unspecified atom stereocenters. The Morgan fingerprint density at radius 2 is 2.20 bits per heavy atom. The number of H-pyrrole nitrogens is 1. The van der Waals surface area contributed by atoms with Crippen LogP contribution in [-0.2, 0) is 4.79 Å². The fraction of sp³-hybridized carbons (Fsp3) is 0.294. The van der Waals surface area contributed by atoms with Crippen LogP contribution in [0.3, 0.4) is 0 Å². The van der Waals surface area contributed by atoms with Crippen LogP contribution in [-0.4, -0.2) is 46.0 Å². The zero-order valence-electron chi connectivity index (χ0n) is 13.9. The summed E-state index contributed by atoms with van der Waals surface area (Å²) in [6, 6.07) is 3.81. The molecule has 0 bridgehead atoms. The maximum atomic E-state index is 11.9. The van der Waals surface area contributed by atoms with Crippen LogP contribution >= 0.6 is 0 Å². The maximum absolute atomic E-state index is 11.9. The second-order valence-electron chi connectivity index (χ2n) is 6.10. The lowest BCUT2D eigenvalue weighted by atomic mass is 10.1. The number of nitrogens with one attached hydrogen (secondary N) is 2. The molecular weight excluding hydrogens is 318 g/mol. The van der Waals surface area contributed by atoms with E-state index in [1.165, 1.54) is 0 Å². The zero-order chi connectivity index (χ0) is 17.4. The van der Waals surface area contributed by atoms with Gasteiger partial charge in [0, 0.05) is 44.3 Å². The van der Waals surface area contributed by atoms with E-state index in [2.05, 4.69) is 30.2 Å². The molecule has 4 heterocycles. The van der Waals surface area contributed by atoms with Crippen LogP contribution in [0.4, 0.5) is 11.6 Å². The van der Waals surface area contributed by atoms with Gasteiger partial charge >= 0.3 is 0 Å². The molecule has 128 valence electrons. The number of nitrogen functional groups attached to an aromatic ring is 1. The number of carbonyl (C=O) groups excluding carboxylic acids is 1. The van der Waals surface area contributed by atoms with Crippen molar-refractivity contribution in [2.45, 2.75) is 6.42 Å². The molecule has 0 aromatic carbocycles. The number of carbonyl (C=O) groups is 1. The van der Waals surface area contributed by atoms with Gasteiger partial charge in [0.25, 0.3) is 0 Å². The van der Waals surface area contributed by atoms with E-state index in [-0.39, 0.29) is 17.8 Å². The van der Waals surface area contributed by atoms with Crippen LogP contribution in [0.25, 0.3) is 22.3 Å². The van der Waals surface area contributed by atoms with Crippen LogP contribution in [0.15, 0.2) is 30.7 Å². The molecule has 8 heteroatoms. The highest BCUT2D eigenvalue weighted by Crippen LogP contribution is 2.36. The molecule has 1 saturated heterocycles. The van der Waals surface area contributed by atoms with Crippen molar-refractivity contribution >= 4 is 28.6 Å². The first-order chi connectivity index (χ1) is 12.2. The molecule has 1 amide bonds. The number of hydrogen-bond donors (Lipinski definition) is 3. The van der Waals surface area contributed by atoms with Gasteiger partial charge in [0.2, 0.25) is 11.9 Å². The first-order valence-corrected chi connectivity index (χ1v) is 8.19. The van der Waals surface area contributed by atoms with E-state index in [9.17, 15) is 4.79 Å². The van der Waals surface area contributed by atoms with Crippen molar-refractivity contribution in [1.29, 1.82) is 0 Å². The van der Waals surface area contributed by atoms with Gasteiger partial charge in [-0.2, -0.15) is 0 Å². The lowest BCUT2D eigenvalue weighted by molar-refractivity contribution is -0.123. The molecule has 1 fully saturated rings. The summed E-state index contributed by atoms with van der Waals surface area (Å²) >= 11 is 0. The largest absolute Gasteiger partial charge is 0.370 e. The molecule has 0 spiro atoms. The Morgan fingerprint density at radius 3 is 3.00 bits per heavy atom. The molecule has 1 atom stereocenters. The van der Waals surface area contributed by atoms with E-state index < -0.39 is 0 Å². The van der Waals surface area contributed by atoms with Gasteiger partial charge in [0.1, 0.15) is 5.65 Å². The standard InChI is InChI=1S/C17H19N7O/c1-19-16(25)10-4-7-24(9-10)13-3-6-20-15-14(13)11(8-22-15)12-2-5-21-17(18)23-12/h2-3,5-6,8,10H,4,7,9H2,1H3,(H,19,25)(H,20,22)(H2,18,21,23)/t10-/m0/s1. The first kappa shape index (κ1) is 15.4. The first-order valence-electron chi connectivity index (χ1n) is 8.19. The number of hydrogen-bond acceptors (Lipinski definition) is 6. The minimum absolute atomic E-state index is 0.00491. The van der Waals surface area contributed by atoms with E-state index in [1.54, 1.807) is 19.4 Å². The summed E-state index contributed by atoms with van der Waals surface area (Å²) in [5.41, 5.74) is 9.24. The number of aromatic nitrogens is 4. The van der Waals surface area contributed by atoms with E-state index >= 15 is 0 Å². The van der Waals surface area contributed by atoms with Crippen molar-refractivity contribution in [2.75, 3.05) is 30.8 Å². The number of nitrogens with zero attached hydrogens (tertiary/aromatic N) is 4. The summed E-state index contributed by atoms with van der Waals surface area (Å²) in [4.78, 5) is 30.1. The van der Waals surface area contributed by atoms with Crippen molar-refractivity contribution < 1.29 is 4.79 Å². The van der Waals surface area contributed by atoms with Gasteiger partial charge < -0.3 is 20.9 Å². The van der Waals surface area contributed by atoms with Gasteiger partial charge in [-0.1, -0.05) is 0 Å². The molecule has 1 aliphatic heterocycles. The third-order valence-corrected chi connectivity index (χ3v) is 4.65. The second-order valence-corrected chi connectivity index (χ2v) is 6.10. The number of nitrogens with two attached hydrogens (primary N) is 1. The lowest BCUT2D eigenvalue weighted by Crippen LogP contribution is -2.30. The van der Waals surface area contributed by atoms with Crippen molar-refractivity contribution in [2.24, 2.45) is 5.92 Å². The predicted molar refractivity (Wildman–Crippen MR) is 95.9 cm³/mol. The van der Waals surface area contributed by atoms with E-state index in [0.29, 0.717) is 6.54 Å². The van der Waals surface area contributed by atoms with Gasteiger partial charge in [-0.3, -0.25) is 4.79 Å². The summed E-state index contributed by atoms with van der Waals surface area (Å²) in [6.45, 7) is 1.52. The molecule has 1 aliphatic rings. The quantitative estimate of drug-likeness (QED) is 0.661. The number of rotatable bonds is 3. The number of aromatic amines is 1. The normalized spacial score (nSPS) is 17.2. The minimum atomic E-state index is 0.00491. The van der Waals surface area contributed by atoms with Gasteiger partial charge in [-0.15, -0.1) is 0 Å². The van der Waals surface area contributed by atoms with Crippen molar-refractivity contribution in [3.8, 4) is 11.3 Å². The second kappa shape index (κ2) is 6.04. The molecular formula is C17H19N7O. The average Bonchev–Trinajstić information content (AvgIpc) is 3.28. The van der Waals surface area contributed by atoms with Crippen molar-refractivity contribution in [3.05, 3.63) is 30.7 Å². The molecule has 0 aliphatic carbocycles. The topological polar surface area (TPSA) is 113 Å². The molecule has 3 aromatic heterocycles. The summed E-state index contributed by atoms with van der Waals surface area (Å²) in [5.74, 6) is 0.328. The summed E-state index contributed by atoms with van der Waals surface area (Å²) in [6.07, 6.45) is 6.14. The third-order valence-electron chi connectivity index (χ3n) is 4.65. The van der Waals surface area contributed by atoms with Crippen LogP contribution in [0, 0.1) is 5.92 Å². The fourth-order valence-electron chi connectivity index (χ4n) is 3.43. The average molecular weight is 337 g/mol. The van der Waals surface area contributed by atoms with Crippen molar-refractivity contribution in [1.82, 2.24) is 25.3 Å². The van der Waals surface area contributed by atoms with Crippen LogP contribution < -0.4 is 16.0 Å². The number of amides is 1. The molecule has 4 N–H and O–H groups in total. The maximum Gasteiger partial charge on any atom is 0.224 e. The molecule has 0 saturated carbocycles. The van der Waals surface area contributed by atoms with Gasteiger partial charge in [-0.05, 0) is 18.6 Å². The van der Waals surface area contributed by atoms with E-state index in [4.69, 9.17) is 5.73 Å². The SMILES string of the molecule is CNC(=O)[C@H]1CCN(c2ccnc3[nH]cc(-c4ccnc(N)n4)c23)C1. The van der Waals surface area contributed by atoms with Crippen LogP contribution in [0.5, 0.6) is 0 Å². The smallest absolute Gasteiger partial charge is 0.224 e.